The first-order valence-corrected chi connectivity index (χ1v) is 10.5. The SMILES string of the molecule is Cc1ccc2nc(SCC(=O)Nc3c(C#N)c(C)c(C)n3Cc3ccco3)[nH]c2c1. The molecule has 0 atom stereocenters. The molecular weight excluding hydrogens is 398 g/mol. The zero-order valence-corrected chi connectivity index (χ0v) is 17.8. The van der Waals surface area contributed by atoms with E-state index in [0.29, 0.717) is 23.1 Å². The summed E-state index contributed by atoms with van der Waals surface area (Å²) in [4.78, 5) is 20.4. The van der Waals surface area contributed by atoms with Gasteiger partial charge >= 0.3 is 0 Å². The number of fused-ring (bicyclic) bond motifs is 1. The van der Waals surface area contributed by atoms with E-state index in [-0.39, 0.29) is 11.7 Å². The molecule has 152 valence electrons. The molecule has 0 aliphatic heterocycles. The lowest BCUT2D eigenvalue weighted by atomic mass is 10.2. The highest BCUT2D eigenvalue weighted by Crippen LogP contribution is 2.28. The number of nitrogens with zero attached hydrogens (tertiary/aromatic N) is 3. The Labute approximate surface area is 178 Å². The van der Waals surface area contributed by atoms with E-state index in [2.05, 4.69) is 21.4 Å². The number of amides is 1. The predicted molar refractivity (Wildman–Crippen MR) is 117 cm³/mol. The first-order valence-electron chi connectivity index (χ1n) is 9.47. The number of benzene rings is 1. The van der Waals surface area contributed by atoms with Crippen molar-refractivity contribution in [3.63, 3.8) is 0 Å². The van der Waals surface area contributed by atoms with E-state index < -0.39 is 0 Å². The molecule has 0 aliphatic rings. The van der Waals surface area contributed by atoms with Crippen LogP contribution in [0.4, 0.5) is 5.82 Å². The third-order valence-electron chi connectivity index (χ3n) is 5.05. The third kappa shape index (κ3) is 3.84. The summed E-state index contributed by atoms with van der Waals surface area (Å²) in [6, 6.07) is 11.9. The first-order chi connectivity index (χ1) is 14.5. The van der Waals surface area contributed by atoms with Crippen molar-refractivity contribution < 1.29 is 9.21 Å². The molecule has 0 spiro atoms. The van der Waals surface area contributed by atoms with Crippen molar-refractivity contribution in [2.45, 2.75) is 32.5 Å². The molecule has 3 aromatic heterocycles. The molecule has 2 N–H and O–H groups in total. The zero-order chi connectivity index (χ0) is 21.3. The number of aryl methyl sites for hydroxylation is 1. The number of aromatic nitrogens is 3. The third-order valence-corrected chi connectivity index (χ3v) is 5.92. The van der Waals surface area contributed by atoms with Crippen molar-refractivity contribution in [2.24, 2.45) is 0 Å². The minimum Gasteiger partial charge on any atom is -0.467 e. The van der Waals surface area contributed by atoms with E-state index in [9.17, 15) is 10.1 Å². The molecule has 1 amide bonds. The highest BCUT2D eigenvalue weighted by atomic mass is 32.2. The van der Waals surface area contributed by atoms with Gasteiger partial charge in [0.2, 0.25) is 5.91 Å². The molecule has 0 saturated heterocycles. The molecule has 0 bridgehead atoms. The molecule has 0 unspecified atom stereocenters. The number of nitriles is 1. The number of aromatic amines is 1. The Kier molecular flexibility index (Phi) is 5.38. The van der Waals surface area contributed by atoms with Crippen LogP contribution in [0.2, 0.25) is 0 Å². The van der Waals surface area contributed by atoms with E-state index >= 15 is 0 Å². The van der Waals surface area contributed by atoms with Crippen molar-refractivity contribution in [3.05, 3.63) is 64.7 Å². The van der Waals surface area contributed by atoms with Crippen LogP contribution in [0.15, 0.2) is 46.2 Å². The topological polar surface area (TPSA) is 99.6 Å². The van der Waals surface area contributed by atoms with Crippen molar-refractivity contribution in [1.29, 1.82) is 5.26 Å². The number of hydrogen-bond acceptors (Lipinski definition) is 5. The van der Waals surface area contributed by atoms with Crippen LogP contribution in [0.5, 0.6) is 0 Å². The number of thioether (sulfide) groups is 1. The first kappa shape index (κ1) is 19.9. The summed E-state index contributed by atoms with van der Waals surface area (Å²) in [5, 5.41) is 13.2. The van der Waals surface area contributed by atoms with Crippen molar-refractivity contribution >= 4 is 34.5 Å². The number of rotatable bonds is 6. The summed E-state index contributed by atoms with van der Waals surface area (Å²) in [7, 11) is 0. The number of anilines is 1. The number of furan rings is 1. The van der Waals surface area contributed by atoms with Crippen LogP contribution in [0.25, 0.3) is 11.0 Å². The summed E-state index contributed by atoms with van der Waals surface area (Å²) >= 11 is 1.33. The zero-order valence-electron chi connectivity index (χ0n) is 16.9. The Bertz CT molecular complexity index is 1260. The minimum atomic E-state index is -0.202. The van der Waals surface area contributed by atoms with E-state index in [1.807, 2.05) is 55.7 Å². The van der Waals surface area contributed by atoms with Gasteiger partial charge in [-0.2, -0.15) is 5.26 Å². The van der Waals surface area contributed by atoms with Crippen LogP contribution in [0.3, 0.4) is 0 Å². The Morgan fingerprint density at radius 2 is 2.17 bits per heavy atom. The Hall–Kier alpha value is -3.44. The van der Waals surface area contributed by atoms with Crippen LogP contribution < -0.4 is 5.32 Å². The molecular formula is C22H21N5O2S. The van der Waals surface area contributed by atoms with Crippen LogP contribution in [-0.4, -0.2) is 26.2 Å². The summed E-state index contributed by atoms with van der Waals surface area (Å²) in [6.07, 6.45) is 1.61. The number of hydrogen-bond donors (Lipinski definition) is 2. The van der Waals surface area contributed by atoms with Gasteiger partial charge in [-0.05, 0) is 56.2 Å². The van der Waals surface area contributed by atoms with Gasteiger partial charge in [0.05, 0.1) is 35.2 Å². The highest BCUT2D eigenvalue weighted by molar-refractivity contribution is 7.99. The maximum atomic E-state index is 12.7. The number of carbonyl (C=O) groups is 1. The lowest BCUT2D eigenvalue weighted by Gasteiger charge is -2.11. The standard InChI is InChI=1S/C22H21N5O2S/c1-13-6-7-18-19(9-13)25-22(24-18)30-12-20(28)26-21-17(10-23)14(2)15(3)27(21)11-16-5-4-8-29-16/h4-9H,11-12H2,1-3H3,(H,24,25)(H,26,28). The average Bonchev–Trinajstić information content (AvgIpc) is 3.42. The summed E-state index contributed by atoms with van der Waals surface area (Å²) in [5.41, 5.74) is 5.19. The van der Waals surface area contributed by atoms with Gasteiger partial charge in [0.15, 0.2) is 5.16 Å². The lowest BCUT2D eigenvalue weighted by molar-refractivity contribution is -0.113. The molecule has 0 aliphatic carbocycles. The molecule has 4 aromatic rings. The van der Waals surface area contributed by atoms with Gasteiger partial charge in [-0.3, -0.25) is 4.79 Å². The fraction of sp³-hybridized carbons (Fsp3) is 0.227. The summed E-state index contributed by atoms with van der Waals surface area (Å²) in [6.45, 7) is 6.27. The van der Waals surface area contributed by atoms with Gasteiger partial charge in [-0.25, -0.2) is 4.98 Å². The van der Waals surface area contributed by atoms with Crippen molar-refractivity contribution in [3.8, 4) is 6.07 Å². The van der Waals surface area contributed by atoms with Crippen molar-refractivity contribution in [2.75, 3.05) is 11.1 Å². The fourth-order valence-electron chi connectivity index (χ4n) is 3.36. The van der Waals surface area contributed by atoms with Crippen LogP contribution in [0.1, 0.15) is 28.1 Å². The van der Waals surface area contributed by atoms with Crippen LogP contribution in [0, 0.1) is 32.1 Å². The van der Waals surface area contributed by atoms with E-state index in [0.717, 1.165) is 33.6 Å². The molecule has 3 heterocycles. The number of imidazole rings is 1. The Balaban J connectivity index is 1.51. The fourth-order valence-corrected chi connectivity index (χ4v) is 4.04. The molecule has 0 saturated carbocycles. The molecule has 8 heteroatoms. The second-order valence-electron chi connectivity index (χ2n) is 7.11. The maximum Gasteiger partial charge on any atom is 0.235 e. The monoisotopic (exact) mass is 419 g/mol. The second kappa shape index (κ2) is 8.13. The van der Waals surface area contributed by atoms with Crippen LogP contribution >= 0.6 is 11.8 Å². The van der Waals surface area contributed by atoms with Gasteiger partial charge < -0.3 is 19.3 Å². The largest absolute Gasteiger partial charge is 0.467 e. The van der Waals surface area contributed by atoms with E-state index in [1.54, 1.807) is 6.26 Å². The van der Waals surface area contributed by atoms with Gasteiger partial charge in [0, 0.05) is 5.69 Å². The minimum absolute atomic E-state index is 0.174. The maximum absolute atomic E-state index is 12.7. The Morgan fingerprint density at radius 1 is 1.33 bits per heavy atom. The van der Waals surface area contributed by atoms with Gasteiger partial charge in [-0.15, -0.1) is 0 Å². The van der Waals surface area contributed by atoms with Crippen molar-refractivity contribution in [1.82, 2.24) is 14.5 Å². The molecule has 4 rings (SSSR count). The van der Waals surface area contributed by atoms with E-state index in [1.165, 1.54) is 11.8 Å². The second-order valence-corrected chi connectivity index (χ2v) is 8.07. The number of H-pyrrole nitrogens is 1. The van der Waals surface area contributed by atoms with Crippen LogP contribution in [-0.2, 0) is 11.3 Å². The lowest BCUT2D eigenvalue weighted by Crippen LogP contribution is -2.18. The quantitative estimate of drug-likeness (QED) is 0.447. The molecule has 7 nitrogen and oxygen atoms in total. The van der Waals surface area contributed by atoms with Gasteiger partial charge in [0.1, 0.15) is 17.6 Å². The molecule has 30 heavy (non-hydrogen) atoms. The number of nitrogens with one attached hydrogen (secondary N) is 2. The smallest absolute Gasteiger partial charge is 0.235 e. The van der Waals surface area contributed by atoms with Gasteiger partial charge in [-0.1, -0.05) is 17.8 Å². The highest BCUT2D eigenvalue weighted by Gasteiger charge is 2.20. The summed E-state index contributed by atoms with van der Waals surface area (Å²) < 4.78 is 7.35. The Morgan fingerprint density at radius 3 is 2.90 bits per heavy atom. The molecule has 0 radical (unpaired) electrons. The molecule has 0 fully saturated rings. The average molecular weight is 420 g/mol. The number of carbonyl (C=O) groups excluding carboxylic acids is 1. The van der Waals surface area contributed by atoms with E-state index in [4.69, 9.17) is 4.42 Å². The van der Waals surface area contributed by atoms with Gasteiger partial charge in [0.25, 0.3) is 0 Å². The predicted octanol–water partition coefficient (Wildman–Crippen LogP) is 4.53. The molecule has 1 aromatic carbocycles. The normalized spacial score (nSPS) is 11.0. The summed E-state index contributed by atoms with van der Waals surface area (Å²) in [5.74, 6) is 1.22.